The van der Waals surface area contributed by atoms with Gasteiger partial charge in [-0.3, -0.25) is 14.9 Å². The molecule has 0 spiro atoms. The molecule has 1 aromatic rings. The van der Waals surface area contributed by atoms with E-state index in [0.717, 1.165) is 12.0 Å². The predicted molar refractivity (Wildman–Crippen MR) is 85.9 cm³/mol. The van der Waals surface area contributed by atoms with Crippen LogP contribution in [0.15, 0.2) is 24.3 Å². The van der Waals surface area contributed by atoms with E-state index in [-0.39, 0.29) is 11.6 Å². The summed E-state index contributed by atoms with van der Waals surface area (Å²) in [6, 6.07) is 6.36. The van der Waals surface area contributed by atoms with Gasteiger partial charge < -0.3 is 15.3 Å². The first-order valence-corrected chi connectivity index (χ1v) is 7.75. The lowest BCUT2D eigenvalue weighted by Crippen LogP contribution is -2.45. The Morgan fingerprint density at radius 2 is 2.04 bits per heavy atom. The van der Waals surface area contributed by atoms with Crippen LogP contribution in [0.3, 0.4) is 0 Å². The van der Waals surface area contributed by atoms with Crippen molar-refractivity contribution in [2.75, 3.05) is 19.6 Å². The molecule has 1 heterocycles. The van der Waals surface area contributed by atoms with Crippen LogP contribution in [0.2, 0.25) is 0 Å². The number of nitrogens with one attached hydrogen (secondary N) is 1. The number of aliphatic hydroxyl groups is 1. The minimum Gasteiger partial charge on any atom is -0.390 e. The smallest absolute Gasteiger partial charge is 0.269 e. The highest BCUT2D eigenvalue weighted by molar-refractivity contribution is 5.78. The summed E-state index contributed by atoms with van der Waals surface area (Å²) in [7, 11) is 0. The number of non-ortho nitro benzene ring substituents is 1. The number of nitro benzene ring substituents is 1. The molecular formula is C16H23N3O4. The highest BCUT2D eigenvalue weighted by Crippen LogP contribution is 2.22. The molecule has 23 heavy (non-hydrogen) atoms. The van der Waals surface area contributed by atoms with E-state index in [1.165, 1.54) is 12.1 Å². The Bertz CT molecular complexity index is 571. The number of amides is 1. The maximum absolute atomic E-state index is 11.6. The Morgan fingerprint density at radius 1 is 1.39 bits per heavy atom. The van der Waals surface area contributed by atoms with Crippen LogP contribution in [-0.2, 0) is 10.3 Å². The lowest BCUT2D eigenvalue weighted by atomic mass is 9.94. The average Bonchev–Trinajstić information content (AvgIpc) is 2.90. The number of nitro groups is 1. The molecule has 1 aliphatic rings. The van der Waals surface area contributed by atoms with Crippen LogP contribution in [0, 0.1) is 10.1 Å². The normalized spacial score (nSPS) is 16.7. The lowest BCUT2D eigenvalue weighted by Gasteiger charge is -2.29. The van der Waals surface area contributed by atoms with Crippen LogP contribution >= 0.6 is 0 Å². The zero-order chi connectivity index (χ0) is 17.0. The van der Waals surface area contributed by atoms with Crippen molar-refractivity contribution >= 4 is 11.6 Å². The second-order valence-electron chi connectivity index (χ2n) is 6.41. The standard InChI is InChI=1S/C16H23N3O4/c1-16(2,12-5-7-13(8-6-12)19(22)23)17-10-14(20)11-18-9-3-4-15(18)21/h5-8,14,17,20H,3-4,9-11H2,1-2H3. The van der Waals surface area contributed by atoms with Crippen molar-refractivity contribution in [2.45, 2.75) is 38.3 Å². The van der Waals surface area contributed by atoms with Gasteiger partial charge >= 0.3 is 0 Å². The molecule has 0 bridgehead atoms. The van der Waals surface area contributed by atoms with Gasteiger partial charge in [-0.2, -0.15) is 0 Å². The molecule has 1 atom stereocenters. The van der Waals surface area contributed by atoms with E-state index >= 15 is 0 Å². The van der Waals surface area contributed by atoms with Crippen molar-refractivity contribution in [3.05, 3.63) is 39.9 Å². The number of hydrogen-bond donors (Lipinski definition) is 2. The Labute approximate surface area is 135 Å². The minimum absolute atomic E-state index is 0.0529. The molecule has 0 saturated carbocycles. The quantitative estimate of drug-likeness (QED) is 0.584. The van der Waals surface area contributed by atoms with Crippen molar-refractivity contribution < 1.29 is 14.8 Å². The molecule has 1 saturated heterocycles. The van der Waals surface area contributed by atoms with E-state index < -0.39 is 16.6 Å². The predicted octanol–water partition coefficient (Wildman–Crippen LogP) is 1.40. The molecule has 1 unspecified atom stereocenters. The first kappa shape index (κ1) is 17.4. The van der Waals surface area contributed by atoms with Gasteiger partial charge in [0, 0.05) is 43.7 Å². The minimum atomic E-state index is -0.644. The largest absolute Gasteiger partial charge is 0.390 e. The van der Waals surface area contributed by atoms with E-state index in [1.54, 1.807) is 17.0 Å². The van der Waals surface area contributed by atoms with Gasteiger partial charge in [-0.25, -0.2) is 0 Å². The van der Waals surface area contributed by atoms with Crippen LogP contribution < -0.4 is 5.32 Å². The molecule has 0 radical (unpaired) electrons. The third-order valence-corrected chi connectivity index (χ3v) is 4.18. The fraction of sp³-hybridized carbons (Fsp3) is 0.562. The summed E-state index contributed by atoms with van der Waals surface area (Å²) in [5.74, 6) is 0.0960. The SMILES string of the molecule is CC(C)(NCC(O)CN1CCCC1=O)c1ccc([N+](=O)[O-])cc1. The van der Waals surface area contributed by atoms with Gasteiger partial charge in [0.1, 0.15) is 0 Å². The fourth-order valence-electron chi connectivity index (χ4n) is 2.69. The second-order valence-corrected chi connectivity index (χ2v) is 6.41. The molecule has 1 fully saturated rings. The summed E-state index contributed by atoms with van der Waals surface area (Å²) < 4.78 is 0. The van der Waals surface area contributed by atoms with E-state index in [9.17, 15) is 20.0 Å². The van der Waals surface area contributed by atoms with Gasteiger partial charge in [0.2, 0.25) is 5.91 Å². The molecule has 1 amide bonds. The highest BCUT2D eigenvalue weighted by atomic mass is 16.6. The van der Waals surface area contributed by atoms with Crippen molar-refractivity contribution in [3.8, 4) is 0 Å². The van der Waals surface area contributed by atoms with Crippen LogP contribution in [0.4, 0.5) is 5.69 Å². The van der Waals surface area contributed by atoms with E-state index in [0.29, 0.717) is 26.1 Å². The van der Waals surface area contributed by atoms with Crippen LogP contribution in [0.25, 0.3) is 0 Å². The van der Waals surface area contributed by atoms with Gasteiger partial charge in [-0.05, 0) is 25.8 Å². The summed E-state index contributed by atoms with van der Waals surface area (Å²) in [6.07, 6.45) is 0.774. The maximum atomic E-state index is 11.6. The third kappa shape index (κ3) is 4.49. The van der Waals surface area contributed by atoms with Gasteiger partial charge in [-0.15, -0.1) is 0 Å². The van der Waals surface area contributed by atoms with Gasteiger partial charge in [0.05, 0.1) is 11.0 Å². The van der Waals surface area contributed by atoms with Crippen LogP contribution in [0.1, 0.15) is 32.3 Å². The van der Waals surface area contributed by atoms with Gasteiger partial charge in [-0.1, -0.05) is 12.1 Å². The molecule has 7 heteroatoms. The van der Waals surface area contributed by atoms with Crippen molar-refractivity contribution in [2.24, 2.45) is 0 Å². The molecule has 2 N–H and O–H groups in total. The topological polar surface area (TPSA) is 95.7 Å². The lowest BCUT2D eigenvalue weighted by molar-refractivity contribution is -0.384. The van der Waals surface area contributed by atoms with Crippen molar-refractivity contribution in [1.82, 2.24) is 10.2 Å². The first-order chi connectivity index (χ1) is 10.8. The average molecular weight is 321 g/mol. The summed E-state index contributed by atoms with van der Waals surface area (Å²) >= 11 is 0. The summed E-state index contributed by atoms with van der Waals surface area (Å²) in [6.45, 7) is 5.28. The molecule has 126 valence electrons. The Balaban J connectivity index is 1.89. The van der Waals surface area contributed by atoms with Gasteiger partial charge in [0.15, 0.2) is 0 Å². The summed E-state index contributed by atoms with van der Waals surface area (Å²) in [5.41, 5.74) is 0.509. The van der Waals surface area contributed by atoms with Crippen LogP contribution in [0.5, 0.6) is 0 Å². The molecule has 0 aromatic heterocycles. The van der Waals surface area contributed by atoms with E-state index in [1.807, 2.05) is 13.8 Å². The molecule has 0 aliphatic carbocycles. The van der Waals surface area contributed by atoms with Crippen molar-refractivity contribution in [1.29, 1.82) is 0 Å². The monoisotopic (exact) mass is 321 g/mol. The molecule has 1 aromatic carbocycles. The number of β-amino-alcohol motifs (C(OH)–C–C–N with tert-alkyl or cyclic N) is 1. The number of likely N-dealkylation sites (tertiary alicyclic amines) is 1. The van der Waals surface area contributed by atoms with E-state index in [4.69, 9.17) is 0 Å². The molecule has 1 aliphatic heterocycles. The third-order valence-electron chi connectivity index (χ3n) is 4.18. The summed E-state index contributed by atoms with van der Waals surface area (Å²) in [4.78, 5) is 23.5. The first-order valence-electron chi connectivity index (χ1n) is 7.75. The number of carbonyl (C=O) groups excluding carboxylic acids is 1. The zero-order valence-electron chi connectivity index (χ0n) is 13.5. The van der Waals surface area contributed by atoms with Gasteiger partial charge in [0.25, 0.3) is 5.69 Å². The number of carbonyl (C=O) groups is 1. The Kier molecular flexibility index (Phi) is 5.33. The fourth-order valence-corrected chi connectivity index (χ4v) is 2.69. The number of rotatable bonds is 7. The summed E-state index contributed by atoms with van der Waals surface area (Å²) in [5, 5.41) is 24.1. The number of benzene rings is 1. The number of hydrogen-bond acceptors (Lipinski definition) is 5. The zero-order valence-corrected chi connectivity index (χ0v) is 13.5. The molecule has 2 rings (SSSR count). The second kappa shape index (κ2) is 7.06. The Morgan fingerprint density at radius 3 is 2.57 bits per heavy atom. The molecule has 7 nitrogen and oxygen atoms in total. The number of nitrogens with zero attached hydrogens (tertiary/aromatic N) is 2. The van der Waals surface area contributed by atoms with Crippen molar-refractivity contribution in [3.63, 3.8) is 0 Å². The maximum Gasteiger partial charge on any atom is 0.269 e. The van der Waals surface area contributed by atoms with Crippen LogP contribution in [-0.4, -0.2) is 46.6 Å². The highest BCUT2D eigenvalue weighted by Gasteiger charge is 2.25. The Hall–Kier alpha value is -1.99. The molecular weight excluding hydrogens is 298 g/mol. The number of aliphatic hydroxyl groups excluding tert-OH is 1. The van der Waals surface area contributed by atoms with E-state index in [2.05, 4.69) is 5.32 Å².